The molecule has 1 atom stereocenters. The van der Waals surface area contributed by atoms with Gasteiger partial charge in [0.1, 0.15) is 11.5 Å². The minimum atomic E-state index is -1.10. The van der Waals surface area contributed by atoms with Crippen LogP contribution >= 0.6 is 22.9 Å². The van der Waals surface area contributed by atoms with Gasteiger partial charge in [0.25, 0.3) is 5.78 Å². The monoisotopic (exact) mass is 521 g/mol. The number of benzene rings is 2. The van der Waals surface area contributed by atoms with Gasteiger partial charge in [-0.3, -0.25) is 19.5 Å². The number of amides is 1. The van der Waals surface area contributed by atoms with E-state index in [1.165, 1.54) is 48.5 Å². The molecule has 0 radical (unpaired) electrons. The van der Waals surface area contributed by atoms with Gasteiger partial charge in [0.2, 0.25) is 0 Å². The molecule has 1 aliphatic rings. The quantitative estimate of drug-likeness (QED) is 0.220. The van der Waals surface area contributed by atoms with Crippen molar-refractivity contribution in [3.8, 4) is 5.75 Å². The molecule has 9 nitrogen and oxygen atoms in total. The normalized spacial score (nSPS) is 17.1. The Morgan fingerprint density at radius 1 is 1.14 bits per heavy atom. The second-order valence-corrected chi connectivity index (χ2v) is 9.20. The largest absolute Gasteiger partial charge is 0.507 e. The summed E-state index contributed by atoms with van der Waals surface area (Å²) in [4.78, 5) is 47.8. The molecule has 1 saturated heterocycles. The van der Waals surface area contributed by atoms with Gasteiger partial charge in [-0.05, 0) is 48.0 Å². The van der Waals surface area contributed by atoms with E-state index < -0.39 is 29.5 Å². The van der Waals surface area contributed by atoms with Crippen molar-refractivity contribution in [2.45, 2.75) is 6.04 Å². The zero-order chi connectivity index (χ0) is 25.6. The van der Waals surface area contributed by atoms with Crippen molar-refractivity contribution in [3.63, 3.8) is 0 Å². The number of thiazole rings is 1. The molecule has 2 aromatic carbocycles. The first-order chi connectivity index (χ1) is 17.3. The van der Waals surface area contributed by atoms with E-state index in [4.69, 9.17) is 16.3 Å². The van der Waals surface area contributed by atoms with Gasteiger partial charge < -0.3 is 14.9 Å². The lowest BCUT2D eigenvalue weighted by atomic mass is 9.96. The molecule has 0 aliphatic carbocycles. The lowest BCUT2D eigenvalue weighted by Gasteiger charge is -2.22. The Hall–Kier alpha value is -4.28. The number of rotatable bonds is 5. The molecule has 1 unspecified atom stereocenters. The molecule has 36 heavy (non-hydrogen) atoms. The molecule has 0 saturated carbocycles. The number of carbonyl (C=O) groups is 3. The number of anilines is 1. The Balaban J connectivity index is 1.72. The highest BCUT2D eigenvalue weighted by Crippen LogP contribution is 2.45. The third-order valence-corrected chi connectivity index (χ3v) is 7.05. The number of carboxylic acids is 1. The van der Waals surface area contributed by atoms with E-state index in [9.17, 15) is 24.6 Å². The summed E-state index contributed by atoms with van der Waals surface area (Å²) in [5.41, 5.74) is 0.925. The van der Waals surface area contributed by atoms with E-state index in [1.54, 1.807) is 24.4 Å². The minimum Gasteiger partial charge on any atom is -0.507 e. The summed E-state index contributed by atoms with van der Waals surface area (Å²) < 4.78 is 5.74. The van der Waals surface area contributed by atoms with Crippen LogP contribution in [0.25, 0.3) is 16.0 Å². The number of Topliss-reactive ketones (excluding diaryl/α,β-unsaturated/α-hetero) is 1. The van der Waals surface area contributed by atoms with Gasteiger partial charge in [-0.25, -0.2) is 9.78 Å². The second-order valence-electron chi connectivity index (χ2n) is 7.79. The smallest absolute Gasteiger partial charge is 0.335 e. The van der Waals surface area contributed by atoms with Crippen LogP contribution in [0.15, 0.2) is 66.5 Å². The molecular formula is C25H16ClN3O6S. The maximum absolute atomic E-state index is 13.3. The van der Waals surface area contributed by atoms with Gasteiger partial charge in [-0.1, -0.05) is 29.0 Å². The summed E-state index contributed by atoms with van der Waals surface area (Å²) in [6, 6.07) is 11.2. The molecule has 11 heteroatoms. The standard InChI is InChI=1S/C25H16ClN3O6S/c1-35-14-5-6-16(26)15(10-14)21(30)19-20(13-3-2-8-27-11-13)29(23(32)22(19)31)25-28-17-7-4-12(24(33)34)9-18(17)36-25/h2-11,20,30H,1H3,(H,33,34)/b21-19+. The van der Waals surface area contributed by atoms with Gasteiger partial charge >= 0.3 is 11.9 Å². The number of pyridine rings is 1. The number of aliphatic hydroxyl groups is 1. The van der Waals surface area contributed by atoms with Crippen molar-refractivity contribution in [1.29, 1.82) is 0 Å². The Morgan fingerprint density at radius 3 is 2.64 bits per heavy atom. The number of methoxy groups -OCH3 is 1. The number of carboxylic acid groups (broad SMARTS) is 1. The highest BCUT2D eigenvalue weighted by Gasteiger charge is 2.48. The van der Waals surface area contributed by atoms with E-state index in [-0.39, 0.29) is 26.9 Å². The van der Waals surface area contributed by atoms with E-state index in [0.29, 0.717) is 21.5 Å². The van der Waals surface area contributed by atoms with Gasteiger partial charge in [0.05, 0.1) is 39.5 Å². The van der Waals surface area contributed by atoms with Crippen LogP contribution in [-0.4, -0.2) is 45.0 Å². The fraction of sp³-hybridized carbons (Fsp3) is 0.0800. The third-order valence-electron chi connectivity index (χ3n) is 5.70. The highest BCUT2D eigenvalue weighted by molar-refractivity contribution is 7.22. The fourth-order valence-corrected chi connectivity index (χ4v) is 5.23. The molecule has 1 amide bonds. The lowest BCUT2D eigenvalue weighted by molar-refractivity contribution is -0.132. The molecule has 2 aromatic heterocycles. The number of nitrogens with zero attached hydrogens (tertiary/aromatic N) is 3. The first kappa shape index (κ1) is 23.5. The van der Waals surface area contributed by atoms with Crippen molar-refractivity contribution in [3.05, 3.63) is 88.2 Å². The maximum atomic E-state index is 13.3. The molecule has 2 N–H and O–H groups in total. The van der Waals surface area contributed by atoms with Crippen LogP contribution in [0.1, 0.15) is 27.5 Å². The average Bonchev–Trinajstić information content (AvgIpc) is 3.42. The Bertz CT molecular complexity index is 1580. The number of aliphatic hydroxyl groups excluding tert-OH is 1. The van der Waals surface area contributed by atoms with Crippen molar-refractivity contribution in [2.75, 3.05) is 12.0 Å². The van der Waals surface area contributed by atoms with Crippen LogP contribution in [0.5, 0.6) is 5.75 Å². The molecule has 0 bridgehead atoms. The second kappa shape index (κ2) is 9.06. The van der Waals surface area contributed by atoms with Crippen molar-refractivity contribution < 1.29 is 29.3 Å². The summed E-state index contributed by atoms with van der Waals surface area (Å²) in [6.45, 7) is 0. The average molecular weight is 522 g/mol. The summed E-state index contributed by atoms with van der Waals surface area (Å²) in [5, 5.41) is 20.9. The predicted molar refractivity (Wildman–Crippen MR) is 134 cm³/mol. The zero-order valence-electron chi connectivity index (χ0n) is 18.5. The maximum Gasteiger partial charge on any atom is 0.335 e. The molecule has 180 valence electrons. The summed E-state index contributed by atoms with van der Waals surface area (Å²) in [6.07, 6.45) is 3.03. The van der Waals surface area contributed by atoms with Gasteiger partial charge in [-0.15, -0.1) is 0 Å². The van der Waals surface area contributed by atoms with E-state index in [2.05, 4.69) is 9.97 Å². The fourth-order valence-electron chi connectivity index (χ4n) is 3.99. The number of hydrogen-bond acceptors (Lipinski definition) is 8. The van der Waals surface area contributed by atoms with Crippen LogP contribution in [0.4, 0.5) is 5.13 Å². The van der Waals surface area contributed by atoms with Crippen LogP contribution in [-0.2, 0) is 9.59 Å². The topological polar surface area (TPSA) is 130 Å². The van der Waals surface area contributed by atoms with Crippen molar-refractivity contribution >= 4 is 61.7 Å². The number of aromatic carboxylic acids is 1. The molecule has 1 aliphatic heterocycles. The summed E-state index contributed by atoms with van der Waals surface area (Å²) >= 11 is 7.38. The van der Waals surface area contributed by atoms with Crippen LogP contribution in [0.3, 0.4) is 0 Å². The number of halogens is 1. The van der Waals surface area contributed by atoms with Crippen LogP contribution in [0.2, 0.25) is 5.02 Å². The number of ketones is 1. The van der Waals surface area contributed by atoms with Gasteiger partial charge in [0.15, 0.2) is 5.13 Å². The highest BCUT2D eigenvalue weighted by atomic mass is 35.5. The van der Waals surface area contributed by atoms with Gasteiger partial charge in [-0.2, -0.15) is 0 Å². The number of aromatic nitrogens is 2. The van der Waals surface area contributed by atoms with Crippen LogP contribution < -0.4 is 9.64 Å². The summed E-state index contributed by atoms with van der Waals surface area (Å²) in [5.74, 6) is -3.00. The Morgan fingerprint density at radius 2 is 1.94 bits per heavy atom. The summed E-state index contributed by atoms with van der Waals surface area (Å²) in [7, 11) is 1.45. The SMILES string of the molecule is COc1ccc(Cl)c(/C(O)=C2\C(=O)C(=O)N(c3nc4ccc(C(=O)O)cc4s3)C2c2cccnc2)c1. The van der Waals surface area contributed by atoms with Gasteiger partial charge in [0, 0.05) is 18.0 Å². The number of ether oxygens (including phenoxy) is 1. The molecule has 5 rings (SSSR count). The molecule has 1 fully saturated rings. The lowest BCUT2D eigenvalue weighted by Crippen LogP contribution is -2.29. The number of fused-ring (bicyclic) bond motifs is 1. The Kier molecular flexibility index (Phi) is 5.91. The predicted octanol–water partition coefficient (Wildman–Crippen LogP) is 4.68. The molecular weight excluding hydrogens is 506 g/mol. The van der Waals surface area contributed by atoms with E-state index in [0.717, 1.165) is 11.3 Å². The number of hydrogen-bond donors (Lipinski definition) is 2. The van der Waals surface area contributed by atoms with Crippen molar-refractivity contribution in [2.24, 2.45) is 0 Å². The first-order valence-electron chi connectivity index (χ1n) is 10.5. The minimum absolute atomic E-state index is 0.0660. The van der Waals surface area contributed by atoms with Crippen molar-refractivity contribution in [1.82, 2.24) is 9.97 Å². The van der Waals surface area contributed by atoms with Crippen LogP contribution in [0, 0.1) is 0 Å². The third kappa shape index (κ3) is 3.86. The zero-order valence-corrected chi connectivity index (χ0v) is 20.1. The van der Waals surface area contributed by atoms with E-state index >= 15 is 0 Å². The van der Waals surface area contributed by atoms with E-state index in [1.807, 2.05) is 0 Å². The Labute approximate surface area is 212 Å². The molecule has 3 heterocycles. The molecule has 4 aromatic rings. The number of carbonyl (C=O) groups excluding carboxylic acids is 2. The first-order valence-corrected chi connectivity index (χ1v) is 11.7. The molecule has 0 spiro atoms.